The van der Waals surface area contributed by atoms with Crippen molar-refractivity contribution in [3.05, 3.63) is 22.7 Å². The van der Waals surface area contributed by atoms with Crippen LogP contribution < -0.4 is 0 Å². The third-order valence-corrected chi connectivity index (χ3v) is 2.57. The lowest BCUT2D eigenvalue weighted by Crippen LogP contribution is -2.11. The van der Waals surface area contributed by atoms with Crippen molar-refractivity contribution in [2.45, 2.75) is 27.7 Å². The van der Waals surface area contributed by atoms with E-state index in [4.69, 9.17) is 9.47 Å². The van der Waals surface area contributed by atoms with E-state index in [1.165, 1.54) is 26.3 Å². The molecule has 0 aliphatic heterocycles. The summed E-state index contributed by atoms with van der Waals surface area (Å²) in [6, 6.07) is 0. The summed E-state index contributed by atoms with van der Waals surface area (Å²) < 4.78 is 9.58. The van der Waals surface area contributed by atoms with Crippen molar-refractivity contribution >= 4 is 24.4 Å². The van der Waals surface area contributed by atoms with Gasteiger partial charge in [0.05, 0.1) is 26.3 Å². The van der Waals surface area contributed by atoms with Gasteiger partial charge >= 0.3 is 11.9 Å². The second-order valence-electron chi connectivity index (χ2n) is 4.51. The largest absolute Gasteiger partial charge is 0.512 e. The summed E-state index contributed by atoms with van der Waals surface area (Å²) in [5.74, 6) is -1.70. The number of nitrogens with zero attached hydrogens (tertiary/aromatic N) is 2. The van der Waals surface area contributed by atoms with Crippen LogP contribution in [0.25, 0.3) is 0 Å². The fourth-order valence-electron chi connectivity index (χ4n) is 1.43. The van der Waals surface area contributed by atoms with E-state index in [1.807, 2.05) is 0 Å². The molecule has 0 atom stereocenters. The molecule has 0 aromatic heterocycles. The van der Waals surface area contributed by atoms with Crippen molar-refractivity contribution in [1.29, 1.82) is 0 Å². The van der Waals surface area contributed by atoms with Crippen LogP contribution >= 0.6 is 0 Å². The van der Waals surface area contributed by atoms with E-state index in [2.05, 4.69) is 9.98 Å². The summed E-state index contributed by atoms with van der Waals surface area (Å²) in [7, 11) is 0. The highest BCUT2D eigenvalue weighted by atomic mass is 16.5. The Bertz CT molecular complexity index is 503. The van der Waals surface area contributed by atoms with Gasteiger partial charge in [-0.25, -0.2) is 9.59 Å². The molecule has 0 aliphatic carbocycles. The summed E-state index contributed by atoms with van der Waals surface area (Å²) in [5.41, 5.74) is -0.0571. The second kappa shape index (κ2) is 11.9. The van der Waals surface area contributed by atoms with Gasteiger partial charge in [0.1, 0.15) is 22.7 Å². The number of allylic oxidation sites excluding steroid dienone is 2. The molecule has 0 aromatic rings. The molecule has 0 saturated carbocycles. The predicted octanol–water partition coefficient (Wildman–Crippen LogP) is 1.92. The molecule has 0 spiro atoms. The third-order valence-electron chi connectivity index (χ3n) is 2.57. The van der Waals surface area contributed by atoms with Crippen molar-refractivity contribution in [2.75, 3.05) is 26.3 Å². The van der Waals surface area contributed by atoms with Gasteiger partial charge < -0.3 is 19.7 Å². The molecule has 2 N–H and O–H groups in total. The lowest BCUT2D eigenvalue weighted by Gasteiger charge is -2.03. The van der Waals surface area contributed by atoms with Crippen LogP contribution in [-0.2, 0) is 19.1 Å². The minimum Gasteiger partial charge on any atom is -0.512 e. The number of hydrogen-bond acceptors (Lipinski definition) is 8. The number of carbonyl (C=O) groups excluding carboxylic acids is 2. The Balaban J connectivity index is 4.65. The first kappa shape index (κ1) is 21.4. The molecule has 0 amide bonds. The number of aliphatic hydroxyl groups is 2. The normalized spacial score (nSPS) is 13.7. The summed E-state index contributed by atoms with van der Waals surface area (Å²) in [6.07, 6.45) is 2.42. The monoisotopic (exact) mass is 340 g/mol. The van der Waals surface area contributed by atoms with Crippen LogP contribution in [0.5, 0.6) is 0 Å². The van der Waals surface area contributed by atoms with Crippen LogP contribution in [0, 0.1) is 0 Å². The maximum absolute atomic E-state index is 11.6. The minimum absolute atomic E-state index is 0.0286. The fraction of sp³-hybridized carbons (Fsp3) is 0.500. The number of aliphatic hydroxyl groups excluding tert-OH is 2. The average molecular weight is 340 g/mol. The van der Waals surface area contributed by atoms with Crippen molar-refractivity contribution in [3.8, 4) is 0 Å². The predicted molar refractivity (Wildman–Crippen MR) is 90.6 cm³/mol. The number of ether oxygens (including phenoxy) is 2. The van der Waals surface area contributed by atoms with Crippen molar-refractivity contribution < 1.29 is 29.3 Å². The highest BCUT2D eigenvalue weighted by Gasteiger charge is 2.12. The zero-order valence-electron chi connectivity index (χ0n) is 14.4. The number of carbonyl (C=O) groups is 2. The first-order valence-corrected chi connectivity index (χ1v) is 7.48. The highest BCUT2D eigenvalue weighted by Crippen LogP contribution is 2.02. The van der Waals surface area contributed by atoms with Gasteiger partial charge in [0.2, 0.25) is 0 Å². The molecule has 134 valence electrons. The van der Waals surface area contributed by atoms with Crippen LogP contribution in [0.15, 0.2) is 32.6 Å². The van der Waals surface area contributed by atoms with Crippen LogP contribution in [0.2, 0.25) is 0 Å². The Morgan fingerprint density at radius 1 is 0.833 bits per heavy atom. The maximum Gasteiger partial charge on any atom is 0.343 e. The van der Waals surface area contributed by atoms with E-state index in [0.29, 0.717) is 0 Å². The van der Waals surface area contributed by atoms with Crippen LogP contribution in [0.4, 0.5) is 0 Å². The van der Waals surface area contributed by atoms with E-state index in [1.54, 1.807) is 13.8 Å². The van der Waals surface area contributed by atoms with Crippen molar-refractivity contribution in [1.82, 2.24) is 0 Å². The molecule has 0 saturated heterocycles. The van der Waals surface area contributed by atoms with Gasteiger partial charge in [0.15, 0.2) is 0 Å². The summed E-state index contributed by atoms with van der Waals surface area (Å²) in [4.78, 5) is 31.1. The van der Waals surface area contributed by atoms with Gasteiger partial charge in [0, 0.05) is 12.4 Å². The van der Waals surface area contributed by atoms with E-state index in [0.717, 1.165) is 0 Å². The van der Waals surface area contributed by atoms with E-state index >= 15 is 0 Å². The van der Waals surface area contributed by atoms with E-state index in [-0.39, 0.29) is 49.0 Å². The Hall–Kier alpha value is -2.64. The Kier molecular flexibility index (Phi) is 10.6. The van der Waals surface area contributed by atoms with Gasteiger partial charge in [-0.1, -0.05) is 0 Å². The molecular weight excluding hydrogens is 316 g/mol. The Morgan fingerprint density at radius 2 is 1.17 bits per heavy atom. The van der Waals surface area contributed by atoms with Crippen LogP contribution in [0.3, 0.4) is 0 Å². The molecule has 0 bridgehead atoms. The fourth-order valence-corrected chi connectivity index (χ4v) is 1.43. The van der Waals surface area contributed by atoms with E-state index in [9.17, 15) is 19.8 Å². The number of esters is 2. The smallest absolute Gasteiger partial charge is 0.343 e. The zero-order valence-corrected chi connectivity index (χ0v) is 14.4. The molecule has 8 heteroatoms. The molecule has 0 heterocycles. The zero-order chi connectivity index (χ0) is 18.5. The number of rotatable bonds is 9. The topological polar surface area (TPSA) is 118 Å². The second-order valence-corrected chi connectivity index (χ2v) is 4.51. The molecule has 0 radical (unpaired) electrons. The first-order chi connectivity index (χ1) is 11.3. The third kappa shape index (κ3) is 8.11. The van der Waals surface area contributed by atoms with Gasteiger partial charge in [-0.3, -0.25) is 9.98 Å². The first-order valence-electron chi connectivity index (χ1n) is 7.48. The summed E-state index contributed by atoms with van der Waals surface area (Å²) >= 11 is 0. The molecule has 24 heavy (non-hydrogen) atoms. The SMILES string of the molecule is CCOC(=O)/C(C=NCCN=C/C(C(=O)OCC)=C(/C)O)=C(/C)O. The standard InChI is InChI=1S/C16H24N2O6/c1-5-23-15(21)13(11(3)19)9-17-7-8-18-10-14(12(4)20)16(22)24-6-2/h9-10,19-20H,5-8H2,1-4H3/b13-11-,14-12+,17-9?,18-10?. The van der Waals surface area contributed by atoms with Gasteiger partial charge in [-0.2, -0.15) is 0 Å². The summed E-state index contributed by atoms with van der Waals surface area (Å²) in [6.45, 7) is 6.85. The quantitative estimate of drug-likeness (QED) is 0.218. The van der Waals surface area contributed by atoms with Crippen molar-refractivity contribution in [3.63, 3.8) is 0 Å². The molecule has 0 unspecified atom stereocenters. The molecule has 8 nitrogen and oxygen atoms in total. The Labute approximate surface area is 141 Å². The number of aliphatic imine (C=N–C) groups is 2. The lowest BCUT2D eigenvalue weighted by molar-refractivity contribution is -0.139. The average Bonchev–Trinajstić information content (AvgIpc) is 2.49. The summed E-state index contributed by atoms with van der Waals surface area (Å²) in [5, 5.41) is 18.9. The molecular formula is C16H24N2O6. The van der Waals surface area contributed by atoms with Crippen LogP contribution in [-0.4, -0.2) is 60.9 Å². The lowest BCUT2D eigenvalue weighted by atomic mass is 10.2. The molecule has 0 aromatic carbocycles. The minimum atomic E-state index is -0.659. The molecule has 0 rings (SSSR count). The Morgan fingerprint density at radius 3 is 1.42 bits per heavy atom. The molecule has 0 aliphatic rings. The van der Waals surface area contributed by atoms with Crippen molar-refractivity contribution in [2.24, 2.45) is 9.98 Å². The van der Waals surface area contributed by atoms with Gasteiger partial charge in [-0.05, 0) is 27.7 Å². The van der Waals surface area contributed by atoms with E-state index < -0.39 is 11.9 Å². The van der Waals surface area contributed by atoms with Crippen LogP contribution in [0.1, 0.15) is 27.7 Å². The number of hydrogen-bond donors (Lipinski definition) is 2. The van der Waals surface area contributed by atoms with Gasteiger partial charge in [0.25, 0.3) is 0 Å². The maximum atomic E-state index is 11.6. The highest BCUT2D eigenvalue weighted by molar-refractivity contribution is 6.10. The van der Waals surface area contributed by atoms with Gasteiger partial charge in [-0.15, -0.1) is 0 Å². The molecule has 0 fully saturated rings.